The first kappa shape index (κ1) is 13.7. The molecule has 0 saturated carbocycles. The zero-order valence-corrected chi connectivity index (χ0v) is 13.7. The number of halogens is 2. The Hall–Kier alpha value is -0.730. The molecule has 0 radical (unpaired) electrons. The van der Waals surface area contributed by atoms with Crippen molar-refractivity contribution in [3.05, 3.63) is 50.1 Å². The third-order valence-corrected chi connectivity index (χ3v) is 3.91. The van der Waals surface area contributed by atoms with Gasteiger partial charge in [-0.05, 0) is 52.9 Å². The highest BCUT2D eigenvalue weighted by molar-refractivity contribution is 14.1. The van der Waals surface area contributed by atoms with Crippen LogP contribution < -0.4 is 11.1 Å². The van der Waals surface area contributed by atoms with Gasteiger partial charge in [0.1, 0.15) is 10.8 Å². The molecule has 1 heterocycles. The maximum absolute atomic E-state index is 5.68. The molecule has 0 aliphatic heterocycles. The molecule has 1 aromatic heterocycles. The van der Waals surface area contributed by atoms with Crippen molar-refractivity contribution in [3.63, 3.8) is 0 Å². The van der Waals surface area contributed by atoms with E-state index in [1.807, 2.05) is 30.3 Å². The average Bonchev–Trinajstić information content (AvgIpc) is 2.34. The molecule has 0 spiro atoms. The van der Waals surface area contributed by atoms with Crippen molar-refractivity contribution < 1.29 is 0 Å². The van der Waals surface area contributed by atoms with E-state index in [0.29, 0.717) is 10.8 Å². The Morgan fingerprint density at radius 2 is 2.17 bits per heavy atom. The first-order chi connectivity index (χ1) is 8.58. The van der Waals surface area contributed by atoms with Crippen molar-refractivity contribution in [1.29, 1.82) is 0 Å². The minimum absolute atomic E-state index is 0.329. The predicted octanol–water partition coefficient (Wildman–Crippen LogP) is 3.83. The van der Waals surface area contributed by atoms with Crippen LogP contribution in [0.15, 0.2) is 41.0 Å². The van der Waals surface area contributed by atoms with Crippen LogP contribution >= 0.6 is 50.7 Å². The second-order valence-corrected chi connectivity index (χ2v) is 6.03. The van der Waals surface area contributed by atoms with Crippen molar-refractivity contribution in [2.24, 2.45) is 5.73 Å². The first-order valence-electron chi connectivity index (χ1n) is 5.05. The zero-order chi connectivity index (χ0) is 13.1. The molecule has 0 aliphatic rings. The Balaban J connectivity index is 2.40. The molecule has 2 rings (SSSR count). The summed E-state index contributed by atoms with van der Waals surface area (Å²) in [5.74, 6) is 0.668. The molecule has 18 heavy (non-hydrogen) atoms. The van der Waals surface area contributed by atoms with Gasteiger partial charge in [-0.3, -0.25) is 0 Å². The van der Waals surface area contributed by atoms with Gasteiger partial charge in [-0.2, -0.15) is 0 Å². The maximum Gasteiger partial charge on any atom is 0.140 e. The fraction of sp³-hybridized carbons (Fsp3) is 0. The summed E-state index contributed by atoms with van der Waals surface area (Å²) in [5.41, 5.74) is 7.38. The molecule has 0 bridgehead atoms. The van der Waals surface area contributed by atoms with E-state index < -0.39 is 0 Å². The number of nitrogens with two attached hydrogens (primary N) is 1. The van der Waals surface area contributed by atoms with Crippen LogP contribution in [0.3, 0.4) is 0 Å². The van der Waals surface area contributed by atoms with Gasteiger partial charge in [0, 0.05) is 14.2 Å². The summed E-state index contributed by atoms with van der Waals surface area (Å²) in [6.45, 7) is 0. The summed E-state index contributed by atoms with van der Waals surface area (Å²) in [4.78, 5) is 4.60. The van der Waals surface area contributed by atoms with E-state index in [2.05, 4.69) is 48.8 Å². The lowest BCUT2D eigenvalue weighted by atomic mass is 10.2. The van der Waals surface area contributed by atoms with Crippen LogP contribution in [0.2, 0.25) is 0 Å². The topological polar surface area (TPSA) is 50.9 Å². The van der Waals surface area contributed by atoms with Gasteiger partial charge in [-0.15, -0.1) is 0 Å². The van der Waals surface area contributed by atoms with Crippen molar-refractivity contribution in [3.8, 4) is 0 Å². The summed E-state index contributed by atoms with van der Waals surface area (Å²) in [7, 11) is 0. The van der Waals surface area contributed by atoms with Gasteiger partial charge >= 0.3 is 0 Å². The lowest BCUT2D eigenvalue weighted by molar-refractivity contribution is 1.29. The smallest absolute Gasteiger partial charge is 0.140 e. The van der Waals surface area contributed by atoms with E-state index in [1.54, 1.807) is 6.20 Å². The Morgan fingerprint density at radius 3 is 2.89 bits per heavy atom. The molecule has 0 fully saturated rings. The number of hydrogen-bond acceptors (Lipinski definition) is 3. The Bertz CT molecular complexity index is 604. The molecule has 92 valence electrons. The van der Waals surface area contributed by atoms with Crippen LogP contribution in [0.5, 0.6) is 0 Å². The molecule has 3 N–H and O–H groups in total. The first-order valence-corrected chi connectivity index (χ1v) is 7.33. The predicted molar refractivity (Wildman–Crippen MR) is 90.3 cm³/mol. The number of anilines is 2. The lowest BCUT2D eigenvalue weighted by Crippen LogP contribution is -2.13. The Labute approximate surface area is 132 Å². The molecule has 0 unspecified atom stereocenters. The van der Waals surface area contributed by atoms with E-state index in [1.165, 1.54) is 0 Å². The SMILES string of the molecule is NC(=S)c1cccnc1Nc1cc(Br)ccc1I. The fourth-order valence-electron chi connectivity index (χ4n) is 1.42. The molecular formula is C12H9BrIN3S. The second kappa shape index (κ2) is 5.94. The molecule has 1 aromatic carbocycles. The van der Waals surface area contributed by atoms with Crippen molar-refractivity contribution in [1.82, 2.24) is 4.98 Å². The monoisotopic (exact) mass is 433 g/mol. The second-order valence-electron chi connectivity index (χ2n) is 3.51. The molecule has 2 aromatic rings. The molecular weight excluding hydrogens is 425 g/mol. The van der Waals surface area contributed by atoms with E-state index in [4.69, 9.17) is 18.0 Å². The number of nitrogens with zero attached hydrogens (tertiary/aromatic N) is 1. The quantitative estimate of drug-likeness (QED) is 0.570. The van der Waals surface area contributed by atoms with E-state index >= 15 is 0 Å². The number of aromatic nitrogens is 1. The third kappa shape index (κ3) is 3.18. The molecule has 3 nitrogen and oxygen atoms in total. The Morgan fingerprint density at radius 1 is 1.39 bits per heavy atom. The zero-order valence-electron chi connectivity index (χ0n) is 9.15. The van der Waals surface area contributed by atoms with Gasteiger partial charge in [0.05, 0.1) is 11.3 Å². The van der Waals surface area contributed by atoms with Gasteiger partial charge in [0.15, 0.2) is 0 Å². The molecule has 0 amide bonds. The van der Waals surface area contributed by atoms with Gasteiger partial charge < -0.3 is 11.1 Å². The highest BCUT2D eigenvalue weighted by Gasteiger charge is 2.08. The fourth-order valence-corrected chi connectivity index (χ4v) is 2.42. The van der Waals surface area contributed by atoms with Crippen LogP contribution in [0.4, 0.5) is 11.5 Å². The molecule has 0 aliphatic carbocycles. The summed E-state index contributed by atoms with van der Waals surface area (Å²) < 4.78 is 2.09. The summed E-state index contributed by atoms with van der Waals surface area (Å²) in [6, 6.07) is 9.64. The number of benzene rings is 1. The van der Waals surface area contributed by atoms with Crippen LogP contribution in [0, 0.1) is 3.57 Å². The Kier molecular flexibility index (Phi) is 4.52. The number of thiocarbonyl (C=S) groups is 1. The molecule has 6 heteroatoms. The van der Waals surface area contributed by atoms with Crippen LogP contribution in [0.1, 0.15) is 5.56 Å². The highest BCUT2D eigenvalue weighted by atomic mass is 127. The van der Waals surface area contributed by atoms with Gasteiger partial charge in [0.2, 0.25) is 0 Å². The number of pyridine rings is 1. The van der Waals surface area contributed by atoms with Crippen LogP contribution in [0.25, 0.3) is 0 Å². The molecule has 0 atom stereocenters. The number of rotatable bonds is 3. The van der Waals surface area contributed by atoms with Gasteiger partial charge in [-0.25, -0.2) is 4.98 Å². The van der Waals surface area contributed by atoms with E-state index in [-0.39, 0.29) is 0 Å². The van der Waals surface area contributed by atoms with Gasteiger partial charge in [-0.1, -0.05) is 28.1 Å². The standard InChI is InChI=1S/C12H9BrIN3S/c13-7-3-4-9(14)10(6-7)17-12-8(11(15)18)2-1-5-16-12/h1-6H,(H2,15,18)(H,16,17). The normalized spacial score (nSPS) is 10.1. The lowest BCUT2D eigenvalue weighted by Gasteiger charge is -2.11. The number of nitrogens with one attached hydrogen (secondary N) is 1. The van der Waals surface area contributed by atoms with Crippen molar-refractivity contribution in [2.75, 3.05) is 5.32 Å². The van der Waals surface area contributed by atoms with Crippen molar-refractivity contribution in [2.45, 2.75) is 0 Å². The van der Waals surface area contributed by atoms with E-state index in [0.717, 1.165) is 19.3 Å². The number of hydrogen-bond donors (Lipinski definition) is 2. The summed E-state index contributed by atoms with van der Waals surface area (Å²) in [5, 5.41) is 3.25. The largest absolute Gasteiger partial charge is 0.389 e. The van der Waals surface area contributed by atoms with Crippen molar-refractivity contribution >= 4 is 67.2 Å². The minimum Gasteiger partial charge on any atom is -0.389 e. The minimum atomic E-state index is 0.329. The summed E-state index contributed by atoms with van der Waals surface area (Å²) >= 11 is 10.7. The summed E-state index contributed by atoms with van der Waals surface area (Å²) in [6.07, 6.45) is 1.70. The average molecular weight is 434 g/mol. The van der Waals surface area contributed by atoms with Crippen LogP contribution in [-0.2, 0) is 0 Å². The van der Waals surface area contributed by atoms with Gasteiger partial charge in [0.25, 0.3) is 0 Å². The van der Waals surface area contributed by atoms with Crippen LogP contribution in [-0.4, -0.2) is 9.97 Å². The highest BCUT2D eigenvalue weighted by Crippen LogP contribution is 2.26. The molecule has 0 saturated heterocycles. The third-order valence-electron chi connectivity index (χ3n) is 2.25. The maximum atomic E-state index is 5.68. The van der Waals surface area contributed by atoms with E-state index in [9.17, 15) is 0 Å².